The molecule has 0 unspecified atom stereocenters. The van der Waals surface area contributed by atoms with Crippen LogP contribution in [0.3, 0.4) is 0 Å². The molecule has 2 aromatic rings. The van der Waals surface area contributed by atoms with Crippen molar-refractivity contribution in [3.05, 3.63) is 44.6 Å². The molecule has 0 aliphatic heterocycles. The molecule has 0 bridgehead atoms. The molecule has 1 heterocycles. The highest BCUT2D eigenvalue weighted by Gasteiger charge is 2.11. The van der Waals surface area contributed by atoms with E-state index in [9.17, 15) is 13.6 Å². The monoisotopic (exact) mass is 342 g/mol. The van der Waals surface area contributed by atoms with Crippen molar-refractivity contribution in [2.24, 2.45) is 5.10 Å². The van der Waals surface area contributed by atoms with Crippen LogP contribution < -0.4 is 15.0 Å². The minimum absolute atomic E-state index is 0.00872. The molecule has 10 heteroatoms. The summed E-state index contributed by atoms with van der Waals surface area (Å²) in [5.74, 6) is 0.00605. The van der Waals surface area contributed by atoms with E-state index in [4.69, 9.17) is 17.0 Å². The summed E-state index contributed by atoms with van der Waals surface area (Å²) >= 11 is 4.92. The van der Waals surface area contributed by atoms with Crippen LogP contribution in [-0.4, -0.2) is 34.8 Å². The predicted molar refractivity (Wildman–Crippen MR) is 81.0 cm³/mol. The molecule has 2 rings (SSSR count). The lowest BCUT2D eigenvalue weighted by molar-refractivity contribution is -0.0512. The van der Waals surface area contributed by atoms with Crippen LogP contribution in [0.1, 0.15) is 11.3 Å². The molecule has 0 fully saturated rings. The van der Waals surface area contributed by atoms with Crippen molar-refractivity contribution >= 4 is 18.4 Å². The summed E-state index contributed by atoms with van der Waals surface area (Å²) in [6.07, 6.45) is 1.28. The molecule has 0 spiro atoms. The van der Waals surface area contributed by atoms with Crippen LogP contribution in [0.2, 0.25) is 0 Å². The van der Waals surface area contributed by atoms with Crippen molar-refractivity contribution in [2.45, 2.75) is 13.5 Å². The van der Waals surface area contributed by atoms with E-state index in [1.54, 1.807) is 6.07 Å². The molecule has 0 aliphatic carbocycles. The van der Waals surface area contributed by atoms with Crippen LogP contribution in [-0.2, 0) is 0 Å². The van der Waals surface area contributed by atoms with Crippen molar-refractivity contribution in [1.82, 2.24) is 14.9 Å². The Morgan fingerprint density at radius 2 is 2.17 bits per heavy atom. The smallest absolute Gasteiger partial charge is 0.387 e. The maximum atomic E-state index is 12.4. The van der Waals surface area contributed by atoms with Crippen LogP contribution in [0, 0.1) is 11.7 Å². The van der Waals surface area contributed by atoms with Gasteiger partial charge < -0.3 is 9.47 Å². The van der Waals surface area contributed by atoms with Gasteiger partial charge in [0.05, 0.1) is 13.3 Å². The van der Waals surface area contributed by atoms with Gasteiger partial charge >= 0.3 is 6.61 Å². The van der Waals surface area contributed by atoms with Crippen LogP contribution in [0.25, 0.3) is 0 Å². The lowest BCUT2D eigenvalue weighted by Gasteiger charge is -2.10. The Balaban J connectivity index is 2.39. The summed E-state index contributed by atoms with van der Waals surface area (Å²) in [5, 5.41) is 10.1. The fourth-order valence-corrected chi connectivity index (χ4v) is 1.84. The van der Waals surface area contributed by atoms with E-state index >= 15 is 0 Å². The van der Waals surface area contributed by atoms with Crippen molar-refractivity contribution in [2.75, 3.05) is 7.11 Å². The third-order valence-electron chi connectivity index (χ3n) is 2.74. The quantitative estimate of drug-likeness (QED) is 0.665. The highest BCUT2D eigenvalue weighted by molar-refractivity contribution is 7.71. The average Bonchev–Trinajstić information content (AvgIpc) is 2.51. The minimum atomic E-state index is -2.99. The van der Waals surface area contributed by atoms with E-state index in [0.29, 0.717) is 5.56 Å². The number of hydrogen-bond donors (Lipinski definition) is 1. The van der Waals surface area contributed by atoms with Gasteiger partial charge in [0.1, 0.15) is 5.69 Å². The number of nitrogens with zero attached hydrogens (tertiary/aromatic N) is 3. The first-order valence-corrected chi connectivity index (χ1v) is 6.68. The molecule has 23 heavy (non-hydrogen) atoms. The first kappa shape index (κ1) is 16.7. The Labute approximate surface area is 134 Å². The van der Waals surface area contributed by atoms with Crippen molar-refractivity contribution < 1.29 is 18.3 Å². The first-order chi connectivity index (χ1) is 10.9. The van der Waals surface area contributed by atoms with Gasteiger partial charge in [-0.1, -0.05) is 0 Å². The summed E-state index contributed by atoms with van der Waals surface area (Å²) in [6.45, 7) is -1.49. The number of methoxy groups -OCH3 is 1. The maximum Gasteiger partial charge on any atom is 0.387 e. The normalized spacial score (nSPS) is 11.2. The Morgan fingerprint density at radius 3 is 2.83 bits per heavy atom. The van der Waals surface area contributed by atoms with Gasteiger partial charge in [-0.2, -0.15) is 23.7 Å². The molecule has 0 amide bonds. The van der Waals surface area contributed by atoms with Crippen LogP contribution >= 0.6 is 12.2 Å². The number of ether oxygens (including phenoxy) is 2. The van der Waals surface area contributed by atoms with E-state index < -0.39 is 12.2 Å². The molecule has 1 aromatic heterocycles. The van der Waals surface area contributed by atoms with Gasteiger partial charge in [-0.25, -0.2) is 0 Å². The second-order valence-corrected chi connectivity index (χ2v) is 4.65. The number of aromatic amines is 1. The van der Waals surface area contributed by atoms with Gasteiger partial charge in [-0.05, 0) is 42.9 Å². The maximum absolute atomic E-state index is 12.4. The number of alkyl halides is 2. The Hall–Kier alpha value is -2.62. The summed E-state index contributed by atoms with van der Waals surface area (Å²) in [5.41, 5.74) is 0.118. The predicted octanol–water partition coefficient (Wildman–Crippen LogP) is 2.10. The second kappa shape index (κ2) is 7.09. The standard InChI is InChI=1S/C13H12F2N4O3S/c1-7-11(20)19(13(23)18-17-7)16-6-8-3-4-9(21-2)10(5-8)22-12(14)15/h3-6,12H,1-2H3,(H,18,23)/b16-6-. The molecule has 0 saturated carbocycles. The zero-order valence-electron chi connectivity index (χ0n) is 12.1. The van der Waals surface area contributed by atoms with Gasteiger partial charge in [0.15, 0.2) is 11.5 Å². The van der Waals surface area contributed by atoms with Crippen molar-refractivity contribution in [3.63, 3.8) is 0 Å². The number of H-pyrrole nitrogens is 1. The number of rotatable bonds is 5. The molecular weight excluding hydrogens is 330 g/mol. The highest BCUT2D eigenvalue weighted by Crippen LogP contribution is 2.28. The molecule has 1 aromatic carbocycles. The molecule has 122 valence electrons. The van der Waals surface area contributed by atoms with E-state index in [-0.39, 0.29) is 22.0 Å². The zero-order chi connectivity index (χ0) is 17.0. The summed E-state index contributed by atoms with van der Waals surface area (Å²) in [4.78, 5) is 11.9. The van der Waals surface area contributed by atoms with Crippen LogP contribution in [0.4, 0.5) is 8.78 Å². The fourth-order valence-electron chi connectivity index (χ4n) is 1.66. The summed E-state index contributed by atoms with van der Waals surface area (Å²) in [6, 6.07) is 4.31. The Kier molecular flexibility index (Phi) is 5.16. The number of aromatic nitrogens is 3. The van der Waals surface area contributed by atoms with E-state index in [0.717, 1.165) is 4.68 Å². The van der Waals surface area contributed by atoms with Gasteiger partial charge in [-0.15, -0.1) is 0 Å². The molecule has 0 radical (unpaired) electrons. The molecule has 1 N–H and O–H groups in total. The SMILES string of the molecule is COc1ccc(/C=N\n2c(=S)[nH]nc(C)c2=O)cc1OC(F)F. The van der Waals surface area contributed by atoms with E-state index in [2.05, 4.69) is 20.0 Å². The topological polar surface area (TPSA) is 81.5 Å². The van der Waals surface area contributed by atoms with Crippen LogP contribution in [0.5, 0.6) is 11.5 Å². The molecule has 7 nitrogen and oxygen atoms in total. The highest BCUT2D eigenvalue weighted by atomic mass is 32.1. The lowest BCUT2D eigenvalue weighted by atomic mass is 10.2. The Morgan fingerprint density at radius 1 is 1.43 bits per heavy atom. The van der Waals surface area contributed by atoms with Gasteiger partial charge in [0.25, 0.3) is 5.56 Å². The van der Waals surface area contributed by atoms with E-state index in [1.165, 1.54) is 32.4 Å². The number of nitrogens with one attached hydrogen (secondary N) is 1. The van der Waals surface area contributed by atoms with Gasteiger partial charge in [0, 0.05) is 0 Å². The zero-order valence-corrected chi connectivity index (χ0v) is 12.9. The third-order valence-corrected chi connectivity index (χ3v) is 3.00. The average molecular weight is 342 g/mol. The third kappa shape index (κ3) is 3.97. The molecule has 0 aliphatic rings. The summed E-state index contributed by atoms with van der Waals surface area (Å²) < 4.78 is 35.0. The first-order valence-electron chi connectivity index (χ1n) is 6.28. The minimum Gasteiger partial charge on any atom is -0.493 e. The molecular formula is C13H12F2N4O3S. The second-order valence-electron chi connectivity index (χ2n) is 4.26. The van der Waals surface area contributed by atoms with Gasteiger partial charge in [0.2, 0.25) is 4.77 Å². The Bertz CT molecular complexity index is 848. The largest absolute Gasteiger partial charge is 0.493 e. The molecule has 0 saturated heterocycles. The summed E-state index contributed by atoms with van der Waals surface area (Å²) in [7, 11) is 1.33. The van der Waals surface area contributed by atoms with Gasteiger partial charge in [-0.3, -0.25) is 9.89 Å². The van der Waals surface area contributed by atoms with Crippen LogP contribution in [0.15, 0.2) is 28.1 Å². The number of hydrogen-bond acceptors (Lipinski definition) is 6. The van der Waals surface area contributed by atoms with Crippen molar-refractivity contribution in [1.29, 1.82) is 0 Å². The number of benzene rings is 1. The lowest BCUT2D eigenvalue weighted by Crippen LogP contribution is -2.22. The fraction of sp³-hybridized carbons (Fsp3) is 0.231. The number of halogens is 2. The van der Waals surface area contributed by atoms with Crippen molar-refractivity contribution in [3.8, 4) is 11.5 Å². The molecule has 0 atom stereocenters. The van der Waals surface area contributed by atoms with E-state index in [1.807, 2.05) is 0 Å². The number of aryl methyl sites for hydroxylation is 1.